The van der Waals surface area contributed by atoms with E-state index >= 15 is 0 Å². The van der Waals surface area contributed by atoms with Gasteiger partial charge in [-0.05, 0) is 18.1 Å². The van der Waals surface area contributed by atoms with E-state index in [4.69, 9.17) is 4.74 Å². The molecule has 1 fully saturated rings. The zero-order valence-corrected chi connectivity index (χ0v) is 15.6. The van der Waals surface area contributed by atoms with Crippen molar-refractivity contribution in [3.8, 4) is 0 Å². The molecule has 1 saturated heterocycles. The Labute approximate surface area is 160 Å². The molecule has 5 heteroatoms. The number of benzene rings is 2. The van der Waals surface area contributed by atoms with Crippen LogP contribution in [0, 0.1) is 0 Å². The predicted molar refractivity (Wildman–Crippen MR) is 106 cm³/mol. The number of nitrogens with one attached hydrogen (secondary N) is 1. The number of hydrogen-bond acceptors (Lipinski definition) is 3. The number of carbonyl (C=O) groups excluding carboxylic acids is 2. The summed E-state index contributed by atoms with van der Waals surface area (Å²) in [6, 6.07) is 18.8. The molecule has 3 rings (SSSR count). The lowest BCUT2D eigenvalue weighted by atomic mass is 10.1. The first kappa shape index (κ1) is 20.4. The number of rotatable bonds is 6. The smallest absolute Gasteiger partial charge is 0.248 e. The first-order chi connectivity index (χ1) is 13.1. The summed E-state index contributed by atoms with van der Waals surface area (Å²) in [5.74, 6) is -0.259. The van der Waals surface area contributed by atoms with Gasteiger partial charge in [0, 0.05) is 6.54 Å². The van der Waals surface area contributed by atoms with Crippen LogP contribution < -0.4 is 5.32 Å². The van der Waals surface area contributed by atoms with Crippen molar-refractivity contribution in [3.63, 3.8) is 0 Å². The third-order valence-corrected chi connectivity index (χ3v) is 3.89. The van der Waals surface area contributed by atoms with Gasteiger partial charge in [0.1, 0.15) is 6.04 Å². The monoisotopic (exact) mass is 366 g/mol. The van der Waals surface area contributed by atoms with Gasteiger partial charge in [-0.15, -0.1) is 6.58 Å². The molecule has 27 heavy (non-hydrogen) atoms. The molecule has 1 aliphatic heterocycles. The molecule has 5 nitrogen and oxygen atoms in total. The minimum Gasteiger partial charge on any atom is -0.374 e. The van der Waals surface area contributed by atoms with Crippen LogP contribution in [0.2, 0.25) is 0 Å². The van der Waals surface area contributed by atoms with Gasteiger partial charge in [-0.25, -0.2) is 0 Å². The van der Waals surface area contributed by atoms with Crippen LogP contribution >= 0.6 is 0 Å². The summed E-state index contributed by atoms with van der Waals surface area (Å²) in [5, 5.41) is 2.71. The Morgan fingerprint density at radius 3 is 2.22 bits per heavy atom. The Kier molecular flexibility index (Phi) is 8.26. The van der Waals surface area contributed by atoms with Gasteiger partial charge in [0.25, 0.3) is 0 Å². The predicted octanol–water partition coefficient (Wildman–Crippen LogP) is 2.92. The van der Waals surface area contributed by atoms with Gasteiger partial charge < -0.3 is 15.0 Å². The van der Waals surface area contributed by atoms with E-state index < -0.39 is 6.04 Å². The fraction of sp³-hybridized carbons (Fsp3) is 0.273. The van der Waals surface area contributed by atoms with Crippen molar-refractivity contribution < 1.29 is 14.3 Å². The zero-order chi connectivity index (χ0) is 19.5. The third kappa shape index (κ3) is 6.72. The van der Waals surface area contributed by atoms with Crippen molar-refractivity contribution in [2.75, 3.05) is 13.2 Å². The number of hydrogen-bond donors (Lipinski definition) is 1. The van der Waals surface area contributed by atoms with Crippen LogP contribution in [0.3, 0.4) is 0 Å². The second-order valence-electron chi connectivity index (χ2n) is 6.21. The molecule has 2 aromatic carbocycles. The maximum Gasteiger partial charge on any atom is 0.248 e. The van der Waals surface area contributed by atoms with Gasteiger partial charge in [0.2, 0.25) is 11.8 Å². The number of allylic oxidation sites excluding steroid dienone is 1. The average molecular weight is 366 g/mol. The lowest BCUT2D eigenvalue weighted by Crippen LogP contribution is -2.59. The van der Waals surface area contributed by atoms with Crippen LogP contribution in [0.25, 0.3) is 0 Å². The first-order valence-corrected chi connectivity index (χ1v) is 8.94. The quantitative estimate of drug-likeness (QED) is 0.800. The minimum absolute atomic E-state index is 0.0862. The summed E-state index contributed by atoms with van der Waals surface area (Å²) >= 11 is 0. The molecule has 0 spiro atoms. The molecular formula is C22H26N2O3. The van der Waals surface area contributed by atoms with E-state index in [2.05, 4.69) is 11.9 Å². The Morgan fingerprint density at radius 1 is 1.07 bits per heavy atom. The fourth-order valence-corrected chi connectivity index (χ4v) is 2.69. The molecule has 142 valence electrons. The van der Waals surface area contributed by atoms with E-state index in [1.807, 2.05) is 67.6 Å². The molecule has 2 aromatic rings. The summed E-state index contributed by atoms with van der Waals surface area (Å²) in [7, 11) is 0. The number of piperazine rings is 1. The van der Waals surface area contributed by atoms with Gasteiger partial charge >= 0.3 is 0 Å². The lowest BCUT2D eigenvalue weighted by molar-refractivity contribution is -0.146. The Morgan fingerprint density at radius 2 is 1.63 bits per heavy atom. The summed E-state index contributed by atoms with van der Waals surface area (Å²) in [6.45, 7) is 6.36. The SMILES string of the molecule is C=CC.O=C1CN(Cc2ccccc2)C(=O)[C@H](COCc2ccccc2)N1. The molecule has 0 saturated carbocycles. The normalized spacial score (nSPS) is 16.2. The van der Waals surface area contributed by atoms with E-state index in [1.165, 1.54) is 0 Å². The minimum atomic E-state index is -0.626. The molecule has 1 N–H and O–H groups in total. The molecule has 0 aliphatic carbocycles. The van der Waals surface area contributed by atoms with Crippen molar-refractivity contribution in [1.29, 1.82) is 0 Å². The molecule has 2 amide bonds. The fourth-order valence-electron chi connectivity index (χ4n) is 2.69. The van der Waals surface area contributed by atoms with Crippen LogP contribution in [0.4, 0.5) is 0 Å². The molecule has 0 bridgehead atoms. The second kappa shape index (κ2) is 10.9. The maximum absolute atomic E-state index is 12.5. The van der Waals surface area contributed by atoms with Crippen molar-refractivity contribution in [2.24, 2.45) is 0 Å². The van der Waals surface area contributed by atoms with Gasteiger partial charge in [-0.1, -0.05) is 66.7 Å². The van der Waals surface area contributed by atoms with E-state index in [0.29, 0.717) is 13.2 Å². The average Bonchev–Trinajstić information content (AvgIpc) is 2.67. The molecule has 1 atom stereocenters. The summed E-state index contributed by atoms with van der Waals surface area (Å²) < 4.78 is 5.61. The van der Waals surface area contributed by atoms with Crippen molar-refractivity contribution >= 4 is 11.8 Å². The van der Waals surface area contributed by atoms with Gasteiger partial charge in [0.15, 0.2) is 0 Å². The standard InChI is InChI=1S/C19H20N2O3.C3H6/c22-18-12-21(11-15-7-3-1-4-8-15)19(23)17(20-18)14-24-13-16-9-5-2-6-10-16;1-3-2/h1-10,17H,11-14H2,(H,20,22);3H,1H2,2H3/t17-;/m0./s1. The van der Waals surface area contributed by atoms with Crippen LogP contribution in [-0.4, -0.2) is 35.9 Å². The number of ether oxygens (including phenoxy) is 1. The first-order valence-electron chi connectivity index (χ1n) is 8.94. The van der Waals surface area contributed by atoms with Gasteiger partial charge in [-0.2, -0.15) is 0 Å². The van der Waals surface area contributed by atoms with Gasteiger partial charge in [0.05, 0.1) is 19.8 Å². The Balaban J connectivity index is 0.000000817. The molecule has 0 unspecified atom stereocenters. The molecule has 0 aromatic heterocycles. The molecular weight excluding hydrogens is 340 g/mol. The highest BCUT2D eigenvalue weighted by molar-refractivity contribution is 5.94. The summed E-state index contributed by atoms with van der Waals surface area (Å²) in [4.78, 5) is 26.0. The van der Waals surface area contributed by atoms with Crippen LogP contribution in [0.15, 0.2) is 73.3 Å². The molecule has 1 aliphatic rings. The van der Waals surface area contributed by atoms with E-state index in [0.717, 1.165) is 11.1 Å². The van der Waals surface area contributed by atoms with Crippen LogP contribution in [0.5, 0.6) is 0 Å². The topological polar surface area (TPSA) is 58.6 Å². The summed E-state index contributed by atoms with van der Waals surface area (Å²) in [5.41, 5.74) is 2.04. The highest BCUT2D eigenvalue weighted by Gasteiger charge is 2.32. The number of nitrogens with zero attached hydrogens (tertiary/aromatic N) is 1. The lowest BCUT2D eigenvalue weighted by Gasteiger charge is -2.32. The van der Waals surface area contributed by atoms with Crippen molar-refractivity contribution in [2.45, 2.75) is 26.1 Å². The third-order valence-electron chi connectivity index (χ3n) is 3.89. The van der Waals surface area contributed by atoms with Crippen molar-refractivity contribution in [1.82, 2.24) is 10.2 Å². The van der Waals surface area contributed by atoms with Crippen LogP contribution in [-0.2, 0) is 27.5 Å². The Bertz CT molecular complexity index is 732. The highest BCUT2D eigenvalue weighted by atomic mass is 16.5. The largest absolute Gasteiger partial charge is 0.374 e. The van der Waals surface area contributed by atoms with Crippen molar-refractivity contribution in [3.05, 3.63) is 84.4 Å². The zero-order valence-electron chi connectivity index (χ0n) is 15.6. The Hall–Kier alpha value is -2.92. The number of amides is 2. The van der Waals surface area contributed by atoms with Gasteiger partial charge in [-0.3, -0.25) is 9.59 Å². The van der Waals surface area contributed by atoms with E-state index in [1.54, 1.807) is 11.0 Å². The summed E-state index contributed by atoms with van der Waals surface area (Å²) in [6.07, 6.45) is 1.75. The second-order valence-corrected chi connectivity index (χ2v) is 6.21. The van der Waals surface area contributed by atoms with E-state index in [9.17, 15) is 9.59 Å². The maximum atomic E-state index is 12.5. The highest BCUT2D eigenvalue weighted by Crippen LogP contribution is 2.10. The number of carbonyl (C=O) groups is 2. The molecule has 0 radical (unpaired) electrons. The van der Waals surface area contributed by atoms with E-state index in [-0.39, 0.29) is 25.0 Å². The van der Waals surface area contributed by atoms with Crippen LogP contribution in [0.1, 0.15) is 18.1 Å². The molecule has 1 heterocycles.